The second-order valence-corrected chi connectivity index (χ2v) is 8.64. The Balaban J connectivity index is 1.81. The van der Waals surface area contributed by atoms with Crippen LogP contribution in [0.2, 0.25) is 5.02 Å². The molecule has 198 valence electrons. The first kappa shape index (κ1) is 27.0. The third-order valence-electron chi connectivity index (χ3n) is 5.44. The molecule has 1 aromatic heterocycles. The van der Waals surface area contributed by atoms with Gasteiger partial charge in [0.1, 0.15) is 0 Å². The number of benzene rings is 3. The van der Waals surface area contributed by atoms with Crippen LogP contribution >= 0.6 is 11.6 Å². The number of nitrogens with one attached hydrogen (secondary N) is 1. The number of aromatic nitrogens is 3. The molecular formula is C25H17ClF6N4O2. The van der Waals surface area contributed by atoms with E-state index in [0.717, 1.165) is 45.5 Å². The summed E-state index contributed by atoms with van der Waals surface area (Å²) in [5.41, 5.74) is -3.48. The van der Waals surface area contributed by atoms with E-state index in [4.69, 9.17) is 11.6 Å². The zero-order valence-corrected chi connectivity index (χ0v) is 19.9. The number of rotatable bonds is 6. The van der Waals surface area contributed by atoms with E-state index in [0.29, 0.717) is 10.6 Å². The minimum absolute atomic E-state index is 0.0486. The van der Waals surface area contributed by atoms with Gasteiger partial charge in [0, 0.05) is 10.7 Å². The van der Waals surface area contributed by atoms with Crippen LogP contribution in [0.15, 0.2) is 82.4 Å². The van der Waals surface area contributed by atoms with Gasteiger partial charge in [-0.1, -0.05) is 41.9 Å². The summed E-state index contributed by atoms with van der Waals surface area (Å²) in [6, 6.07) is 14.4. The van der Waals surface area contributed by atoms with E-state index >= 15 is 0 Å². The number of hydrogen-bond donors (Lipinski definition) is 1. The number of hydrogen-bond acceptors (Lipinski definition) is 4. The molecule has 38 heavy (non-hydrogen) atoms. The predicted molar refractivity (Wildman–Crippen MR) is 129 cm³/mol. The van der Waals surface area contributed by atoms with Gasteiger partial charge in [-0.05, 0) is 53.6 Å². The number of anilines is 2. The molecule has 0 amide bonds. The lowest BCUT2D eigenvalue weighted by molar-refractivity contribution is -0.138. The van der Waals surface area contributed by atoms with Crippen LogP contribution in [0.3, 0.4) is 0 Å². The summed E-state index contributed by atoms with van der Waals surface area (Å²) in [5.74, 6) is -0.441. The van der Waals surface area contributed by atoms with E-state index in [1.807, 2.05) is 0 Å². The lowest BCUT2D eigenvalue weighted by Crippen LogP contribution is -2.43. The Hall–Kier alpha value is -4.06. The summed E-state index contributed by atoms with van der Waals surface area (Å²) in [6.45, 7) is -0.688. The molecule has 0 bridgehead atoms. The molecule has 0 aliphatic heterocycles. The summed E-state index contributed by atoms with van der Waals surface area (Å²) >= 11 is 5.87. The first-order chi connectivity index (χ1) is 17.8. The highest BCUT2D eigenvalue weighted by atomic mass is 35.5. The van der Waals surface area contributed by atoms with Crippen LogP contribution in [-0.4, -0.2) is 14.1 Å². The summed E-state index contributed by atoms with van der Waals surface area (Å²) < 4.78 is 80.8. The molecule has 0 fully saturated rings. The molecule has 4 rings (SSSR count). The van der Waals surface area contributed by atoms with Crippen molar-refractivity contribution in [2.45, 2.75) is 25.4 Å². The number of nitrogens with zero attached hydrogens (tertiary/aromatic N) is 3. The Morgan fingerprint density at radius 1 is 0.737 bits per heavy atom. The minimum Gasteiger partial charge on any atom is -0.325 e. The van der Waals surface area contributed by atoms with Gasteiger partial charge in [0.15, 0.2) is 0 Å². The molecule has 0 aliphatic carbocycles. The summed E-state index contributed by atoms with van der Waals surface area (Å²) in [5, 5.41) is 2.95. The van der Waals surface area contributed by atoms with Crippen LogP contribution in [0.25, 0.3) is 0 Å². The molecule has 0 atom stereocenters. The third kappa shape index (κ3) is 6.25. The Labute approximate surface area is 215 Å². The maximum absolute atomic E-state index is 13.4. The smallest absolute Gasteiger partial charge is 0.325 e. The van der Waals surface area contributed by atoms with Crippen LogP contribution in [0.4, 0.5) is 38.0 Å². The highest BCUT2D eigenvalue weighted by Gasteiger charge is 2.31. The van der Waals surface area contributed by atoms with Crippen molar-refractivity contribution >= 4 is 23.2 Å². The Bertz CT molecular complexity index is 1580. The zero-order valence-electron chi connectivity index (χ0n) is 19.1. The zero-order chi connectivity index (χ0) is 27.7. The molecule has 0 spiro atoms. The van der Waals surface area contributed by atoms with Crippen molar-refractivity contribution in [1.82, 2.24) is 14.1 Å². The van der Waals surface area contributed by atoms with E-state index in [1.54, 1.807) is 24.3 Å². The third-order valence-corrected chi connectivity index (χ3v) is 5.70. The van der Waals surface area contributed by atoms with Gasteiger partial charge in [0.05, 0.1) is 24.2 Å². The SMILES string of the molecule is O=c1nc(Nc2cccc(C(F)(F)F)c2)n(Cc2cccc(C(F)(F)F)c2)c(=O)n1Cc1ccc(Cl)cc1. The largest absolute Gasteiger partial charge is 0.416 e. The fourth-order valence-electron chi connectivity index (χ4n) is 3.61. The molecule has 0 saturated heterocycles. The van der Waals surface area contributed by atoms with Crippen molar-refractivity contribution in [1.29, 1.82) is 0 Å². The maximum Gasteiger partial charge on any atom is 0.416 e. The van der Waals surface area contributed by atoms with Gasteiger partial charge in [-0.25, -0.2) is 14.2 Å². The van der Waals surface area contributed by atoms with Crippen molar-refractivity contribution in [3.8, 4) is 0 Å². The van der Waals surface area contributed by atoms with E-state index in [2.05, 4.69) is 10.3 Å². The maximum atomic E-state index is 13.4. The molecule has 0 aliphatic rings. The molecular weight excluding hydrogens is 538 g/mol. The monoisotopic (exact) mass is 554 g/mol. The van der Waals surface area contributed by atoms with Gasteiger partial charge in [-0.3, -0.25) is 4.57 Å². The normalized spacial score (nSPS) is 12.0. The van der Waals surface area contributed by atoms with Crippen LogP contribution in [0, 0.1) is 0 Å². The molecule has 6 nitrogen and oxygen atoms in total. The molecule has 4 aromatic rings. The van der Waals surface area contributed by atoms with Gasteiger partial charge >= 0.3 is 23.7 Å². The van der Waals surface area contributed by atoms with Crippen molar-refractivity contribution in [2.24, 2.45) is 0 Å². The van der Waals surface area contributed by atoms with Crippen molar-refractivity contribution < 1.29 is 26.3 Å². The van der Waals surface area contributed by atoms with Crippen LogP contribution in [0.1, 0.15) is 22.3 Å². The molecule has 1 heterocycles. The molecule has 3 aromatic carbocycles. The van der Waals surface area contributed by atoms with Crippen LogP contribution in [-0.2, 0) is 25.4 Å². The summed E-state index contributed by atoms with van der Waals surface area (Å²) in [4.78, 5) is 30.0. The van der Waals surface area contributed by atoms with E-state index in [-0.39, 0.29) is 17.8 Å². The van der Waals surface area contributed by atoms with Gasteiger partial charge in [-0.2, -0.15) is 31.3 Å². The topological polar surface area (TPSA) is 68.9 Å². The Morgan fingerprint density at radius 2 is 1.32 bits per heavy atom. The molecule has 0 saturated carbocycles. The number of alkyl halides is 6. The fourth-order valence-corrected chi connectivity index (χ4v) is 3.73. The van der Waals surface area contributed by atoms with E-state index in [9.17, 15) is 35.9 Å². The lowest BCUT2D eigenvalue weighted by atomic mass is 10.1. The van der Waals surface area contributed by atoms with Gasteiger partial charge in [0.25, 0.3) is 0 Å². The van der Waals surface area contributed by atoms with Crippen molar-refractivity contribution in [3.05, 3.63) is 121 Å². The Kier molecular flexibility index (Phi) is 7.36. The van der Waals surface area contributed by atoms with E-state index < -0.39 is 47.4 Å². The molecule has 13 heteroatoms. The molecule has 0 unspecified atom stereocenters. The van der Waals surface area contributed by atoms with Gasteiger partial charge in [-0.15, -0.1) is 0 Å². The van der Waals surface area contributed by atoms with Crippen LogP contribution < -0.4 is 16.7 Å². The van der Waals surface area contributed by atoms with Crippen molar-refractivity contribution in [2.75, 3.05) is 5.32 Å². The average molecular weight is 555 g/mol. The minimum atomic E-state index is -4.66. The van der Waals surface area contributed by atoms with E-state index in [1.165, 1.54) is 12.1 Å². The Morgan fingerprint density at radius 3 is 1.95 bits per heavy atom. The summed E-state index contributed by atoms with van der Waals surface area (Å²) in [7, 11) is 0. The number of halogens is 7. The highest BCUT2D eigenvalue weighted by Crippen LogP contribution is 2.32. The molecule has 0 radical (unpaired) electrons. The fraction of sp³-hybridized carbons (Fsp3) is 0.160. The standard InChI is InChI=1S/C25H17ClF6N4O2/c26-19-9-7-15(8-10-19)13-36-22(37)34-21(33-20-6-2-5-18(12-20)25(30,31)32)35(23(36)38)14-16-3-1-4-17(11-16)24(27,28)29/h1-12H,13-14H2,(H,33,34,37). The van der Waals surface area contributed by atoms with Gasteiger partial charge in [0.2, 0.25) is 5.95 Å². The average Bonchev–Trinajstić information content (AvgIpc) is 2.85. The van der Waals surface area contributed by atoms with Crippen molar-refractivity contribution in [3.63, 3.8) is 0 Å². The first-order valence-corrected chi connectivity index (χ1v) is 11.3. The highest BCUT2D eigenvalue weighted by molar-refractivity contribution is 6.30. The quantitative estimate of drug-likeness (QED) is 0.300. The first-order valence-electron chi connectivity index (χ1n) is 10.9. The predicted octanol–water partition coefficient (Wildman–Crippen LogP) is 5.94. The van der Waals surface area contributed by atoms with Crippen LogP contribution in [0.5, 0.6) is 0 Å². The van der Waals surface area contributed by atoms with Gasteiger partial charge < -0.3 is 5.32 Å². The summed E-state index contributed by atoms with van der Waals surface area (Å²) in [6.07, 6.45) is -9.31. The molecule has 1 N–H and O–H groups in total. The second-order valence-electron chi connectivity index (χ2n) is 8.20. The second kappa shape index (κ2) is 10.4. The lowest BCUT2D eigenvalue weighted by Gasteiger charge is -2.17.